The predicted octanol–water partition coefficient (Wildman–Crippen LogP) is 1.43. The Morgan fingerprint density at radius 1 is 1.07 bits per heavy atom. The first-order valence-corrected chi connectivity index (χ1v) is 4.26. The number of hydrogen-bond donors (Lipinski definition) is 1. The van der Waals surface area contributed by atoms with Gasteiger partial charge in [0.15, 0.2) is 0 Å². The molecule has 0 fully saturated rings. The SMILES string of the molecule is Cc1cc(-c2cnc(N)nc2)ccn1. The van der Waals surface area contributed by atoms with Gasteiger partial charge in [-0.2, -0.15) is 0 Å². The van der Waals surface area contributed by atoms with Gasteiger partial charge in [0.1, 0.15) is 0 Å². The fourth-order valence-electron chi connectivity index (χ4n) is 1.21. The molecule has 4 nitrogen and oxygen atoms in total. The lowest BCUT2D eigenvalue weighted by atomic mass is 10.1. The minimum Gasteiger partial charge on any atom is -0.368 e. The number of nitrogens with two attached hydrogens (primary N) is 1. The summed E-state index contributed by atoms with van der Waals surface area (Å²) in [7, 11) is 0. The Labute approximate surface area is 81.9 Å². The maximum absolute atomic E-state index is 5.40. The summed E-state index contributed by atoms with van der Waals surface area (Å²) in [6, 6.07) is 3.90. The molecule has 0 aliphatic heterocycles. The van der Waals surface area contributed by atoms with E-state index >= 15 is 0 Å². The van der Waals surface area contributed by atoms with Crippen LogP contribution >= 0.6 is 0 Å². The smallest absolute Gasteiger partial charge is 0.219 e. The topological polar surface area (TPSA) is 64.7 Å². The normalized spacial score (nSPS) is 10.1. The molecule has 0 aliphatic carbocycles. The standard InChI is InChI=1S/C10H10N4/c1-7-4-8(2-3-12-7)9-5-13-10(11)14-6-9/h2-6H,1H3,(H2,11,13,14). The predicted molar refractivity (Wildman–Crippen MR) is 54.4 cm³/mol. The van der Waals surface area contributed by atoms with Crippen LogP contribution < -0.4 is 5.73 Å². The van der Waals surface area contributed by atoms with Crippen LogP contribution in [0.2, 0.25) is 0 Å². The monoisotopic (exact) mass is 186 g/mol. The van der Waals surface area contributed by atoms with E-state index in [1.807, 2.05) is 19.1 Å². The first kappa shape index (κ1) is 8.62. The van der Waals surface area contributed by atoms with Crippen LogP contribution in [0.1, 0.15) is 5.69 Å². The van der Waals surface area contributed by atoms with Gasteiger partial charge in [0.2, 0.25) is 5.95 Å². The highest BCUT2D eigenvalue weighted by molar-refractivity contribution is 5.61. The van der Waals surface area contributed by atoms with E-state index in [2.05, 4.69) is 15.0 Å². The first-order valence-electron chi connectivity index (χ1n) is 4.26. The third kappa shape index (κ3) is 1.69. The number of nitrogens with zero attached hydrogens (tertiary/aromatic N) is 3. The van der Waals surface area contributed by atoms with Crippen LogP contribution in [0.5, 0.6) is 0 Å². The molecule has 70 valence electrons. The average Bonchev–Trinajstić information content (AvgIpc) is 2.19. The summed E-state index contributed by atoms with van der Waals surface area (Å²) in [5, 5.41) is 0. The molecule has 0 unspecified atom stereocenters. The van der Waals surface area contributed by atoms with E-state index in [-0.39, 0.29) is 0 Å². The Hall–Kier alpha value is -1.97. The van der Waals surface area contributed by atoms with Crippen molar-refractivity contribution < 1.29 is 0 Å². The highest BCUT2D eigenvalue weighted by Crippen LogP contribution is 2.17. The van der Waals surface area contributed by atoms with Crippen LogP contribution in [0.15, 0.2) is 30.7 Å². The van der Waals surface area contributed by atoms with E-state index in [4.69, 9.17) is 5.73 Å². The molecule has 0 radical (unpaired) electrons. The molecular formula is C10H10N4. The van der Waals surface area contributed by atoms with Crippen molar-refractivity contribution in [3.63, 3.8) is 0 Å². The molecule has 0 saturated carbocycles. The van der Waals surface area contributed by atoms with E-state index in [1.54, 1.807) is 18.6 Å². The molecule has 14 heavy (non-hydrogen) atoms. The molecule has 2 rings (SSSR count). The number of anilines is 1. The summed E-state index contributed by atoms with van der Waals surface area (Å²) in [6.45, 7) is 1.95. The van der Waals surface area contributed by atoms with Crippen LogP contribution in [-0.4, -0.2) is 15.0 Å². The van der Waals surface area contributed by atoms with Gasteiger partial charge in [0.05, 0.1) is 0 Å². The summed E-state index contributed by atoms with van der Waals surface area (Å²) >= 11 is 0. The molecule has 4 heteroatoms. The Morgan fingerprint density at radius 3 is 2.43 bits per heavy atom. The Morgan fingerprint density at radius 2 is 1.79 bits per heavy atom. The highest BCUT2D eigenvalue weighted by Gasteiger charge is 1.98. The zero-order valence-electron chi connectivity index (χ0n) is 7.81. The van der Waals surface area contributed by atoms with Gasteiger partial charge in [-0.05, 0) is 24.6 Å². The summed E-state index contributed by atoms with van der Waals surface area (Å²) in [5.74, 6) is 0.291. The summed E-state index contributed by atoms with van der Waals surface area (Å²) in [6.07, 6.45) is 5.18. The summed E-state index contributed by atoms with van der Waals surface area (Å²) < 4.78 is 0. The van der Waals surface area contributed by atoms with Gasteiger partial charge in [-0.3, -0.25) is 4.98 Å². The average molecular weight is 186 g/mol. The third-order valence-electron chi connectivity index (χ3n) is 1.90. The van der Waals surface area contributed by atoms with E-state index in [1.165, 1.54) is 0 Å². The molecule has 0 atom stereocenters. The van der Waals surface area contributed by atoms with Crippen molar-refractivity contribution in [2.75, 3.05) is 5.73 Å². The van der Waals surface area contributed by atoms with Crippen molar-refractivity contribution in [3.8, 4) is 11.1 Å². The molecule has 0 bridgehead atoms. The van der Waals surface area contributed by atoms with Gasteiger partial charge < -0.3 is 5.73 Å². The summed E-state index contributed by atoms with van der Waals surface area (Å²) in [5.41, 5.74) is 8.37. The molecular weight excluding hydrogens is 176 g/mol. The molecule has 2 heterocycles. The van der Waals surface area contributed by atoms with E-state index in [0.29, 0.717) is 5.95 Å². The lowest BCUT2D eigenvalue weighted by Gasteiger charge is -2.00. The van der Waals surface area contributed by atoms with Crippen molar-refractivity contribution in [1.29, 1.82) is 0 Å². The van der Waals surface area contributed by atoms with Crippen molar-refractivity contribution >= 4 is 5.95 Å². The van der Waals surface area contributed by atoms with Crippen molar-refractivity contribution in [3.05, 3.63) is 36.4 Å². The maximum atomic E-state index is 5.40. The van der Waals surface area contributed by atoms with Crippen molar-refractivity contribution in [2.24, 2.45) is 0 Å². The molecule has 2 aromatic rings. The van der Waals surface area contributed by atoms with Crippen LogP contribution in [-0.2, 0) is 0 Å². The lowest BCUT2D eigenvalue weighted by molar-refractivity contribution is 1.17. The van der Waals surface area contributed by atoms with Crippen molar-refractivity contribution in [2.45, 2.75) is 6.92 Å². The summed E-state index contributed by atoms with van der Waals surface area (Å²) in [4.78, 5) is 12.0. The molecule has 0 spiro atoms. The van der Waals surface area contributed by atoms with Crippen LogP contribution in [0.4, 0.5) is 5.95 Å². The lowest BCUT2D eigenvalue weighted by Crippen LogP contribution is -1.93. The van der Waals surface area contributed by atoms with E-state index in [0.717, 1.165) is 16.8 Å². The second kappa shape index (κ2) is 3.41. The minimum absolute atomic E-state index is 0.291. The van der Waals surface area contributed by atoms with Crippen LogP contribution in [0, 0.1) is 6.92 Å². The van der Waals surface area contributed by atoms with Gasteiger partial charge in [0, 0.05) is 29.8 Å². The van der Waals surface area contributed by atoms with E-state index in [9.17, 15) is 0 Å². The zero-order valence-corrected chi connectivity index (χ0v) is 7.81. The van der Waals surface area contributed by atoms with Gasteiger partial charge >= 0.3 is 0 Å². The second-order valence-electron chi connectivity index (χ2n) is 3.02. The first-order chi connectivity index (χ1) is 6.75. The van der Waals surface area contributed by atoms with Gasteiger partial charge in [-0.25, -0.2) is 9.97 Å². The fraction of sp³-hybridized carbons (Fsp3) is 0.100. The number of nitrogen functional groups attached to an aromatic ring is 1. The zero-order chi connectivity index (χ0) is 9.97. The highest BCUT2D eigenvalue weighted by atomic mass is 15.0. The quantitative estimate of drug-likeness (QED) is 0.731. The third-order valence-corrected chi connectivity index (χ3v) is 1.90. The number of hydrogen-bond acceptors (Lipinski definition) is 4. The molecule has 0 amide bonds. The Kier molecular flexibility index (Phi) is 2.10. The molecule has 0 aromatic carbocycles. The molecule has 2 N–H and O–H groups in total. The number of aryl methyl sites for hydroxylation is 1. The number of aromatic nitrogens is 3. The molecule has 0 saturated heterocycles. The van der Waals surface area contributed by atoms with Gasteiger partial charge in [0.25, 0.3) is 0 Å². The molecule has 2 aromatic heterocycles. The van der Waals surface area contributed by atoms with Gasteiger partial charge in [-0.15, -0.1) is 0 Å². The second-order valence-corrected chi connectivity index (χ2v) is 3.02. The van der Waals surface area contributed by atoms with E-state index < -0.39 is 0 Å². The maximum Gasteiger partial charge on any atom is 0.219 e. The minimum atomic E-state index is 0.291. The Bertz CT molecular complexity index is 436. The van der Waals surface area contributed by atoms with Crippen molar-refractivity contribution in [1.82, 2.24) is 15.0 Å². The fourth-order valence-corrected chi connectivity index (χ4v) is 1.21. The number of rotatable bonds is 1. The largest absolute Gasteiger partial charge is 0.368 e. The molecule has 0 aliphatic rings. The van der Waals surface area contributed by atoms with Crippen LogP contribution in [0.25, 0.3) is 11.1 Å². The Balaban J connectivity index is 2.44. The van der Waals surface area contributed by atoms with Crippen LogP contribution in [0.3, 0.4) is 0 Å². The number of pyridine rings is 1. The van der Waals surface area contributed by atoms with Gasteiger partial charge in [-0.1, -0.05) is 0 Å².